The average Bonchev–Trinajstić information content (AvgIpc) is 2.46. The van der Waals surface area contributed by atoms with Gasteiger partial charge < -0.3 is 15.6 Å². The fourth-order valence-corrected chi connectivity index (χ4v) is 2.54. The number of ether oxygens (including phenoxy) is 1. The highest BCUT2D eigenvalue weighted by atomic mass is 16.5. The molecule has 0 amide bonds. The van der Waals surface area contributed by atoms with Crippen molar-refractivity contribution in [1.82, 2.24) is 4.90 Å². The van der Waals surface area contributed by atoms with Gasteiger partial charge in [0.25, 0.3) is 0 Å². The topological polar surface area (TPSA) is 58.7 Å². The van der Waals surface area contributed by atoms with Crippen LogP contribution in [-0.2, 0) is 10.3 Å². The highest BCUT2D eigenvalue weighted by Gasteiger charge is 2.28. The lowest BCUT2D eigenvalue weighted by Crippen LogP contribution is -2.47. The van der Waals surface area contributed by atoms with Crippen LogP contribution in [0.3, 0.4) is 0 Å². The largest absolute Gasteiger partial charge is 0.394 e. The van der Waals surface area contributed by atoms with Crippen LogP contribution in [0.4, 0.5) is 0 Å². The van der Waals surface area contributed by atoms with Crippen molar-refractivity contribution in [2.75, 3.05) is 32.8 Å². The minimum atomic E-state index is -0.650. The SMILES string of the molecule is CC1CN(CCC(N)(CO)c2ccccc2)CCO1. The van der Waals surface area contributed by atoms with Gasteiger partial charge in [-0.05, 0) is 18.9 Å². The third kappa shape index (κ3) is 3.76. The van der Waals surface area contributed by atoms with Gasteiger partial charge in [-0.15, -0.1) is 0 Å². The van der Waals surface area contributed by atoms with Crippen LogP contribution in [0.5, 0.6) is 0 Å². The van der Waals surface area contributed by atoms with E-state index in [0.717, 1.165) is 38.2 Å². The van der Waals surface area contributed by atoms with E-state index < -0.39 is 5.54 Å². The number of morpholine rings is 1. The number of aliphatic hydroxyl groups excluding tert-OH is 1. The van der Waals surface area contributed by atoms with Gasteiger partial charge in [0, 0.05) is 19.6 Å². The predicted molar refractivity (Wildman–Crippen MR) is 75.9 cm³/mol. The van der Waals surface area contributed by atoms with Crippen molar-refractivity contribution in [3.8, 4) is 0 Å². The molecule has 0 spiro atoms. The number of nitrogens with two attached hydrogens (primary N) is 1. The molecule has 1 heterocycles. The first-order chi connectivity index (χ1) is 9.14. The summed E-state index contributed by atoms with van der Waals surface area (Å²) in [6.45, 7) is 5.61. The average molecular weight is 264 g/mol. The number of benzene rings is 1. The van der Waals surface area contributed by atoms with E-state index in [1.807, 2.05) is 30.3 Å². The van der Waals surface area contributed by atoms with E-state index in [2.05, 4.69) is 11.8 Å². The Morgan fingerprint density at radius 2 is 2.16 bits per heavy atom. The summed E-state index contributed by atoms with van der Waals surface area (Å²) < 4.78 is 5.53. The Hall–Kier alpha value is -0.940. The molecule has 0 aromatic heterocycles. The van der Waals surface area contributed by atoms with E-state index in [1.165, 1.54) is 0 Å². The molecule has 1 aliphatic heterocycles. The summed E-state index contributed by atoms with van der Waals surface area (Å²) in [6.07, 6.45) is 1.03. The Morgan fingerprint density at radius 1 is 1.42 bits per heavy atom. The molecular formula is C15H24N2O2. The van der Waals surface area contributed by atoms with E-state index in [9.17, 15) is 5.11 Å². The van der Waals surface area contributed by atoms with Crippen molar-refractivity contribution in [1.29, 1.82) is 0 Å². The fourth-order valence-electron chi connectivity index (χ4n) is 2.54. The zero-order valence-corrected chi connectivity index (χ0v) is 11.6. The molecule has 2 rings (SSSR count). The Morgan fingerprint density at radius 3 is 2.79 bits per heavy atom. The normalized spacial score (nSPS) is 24.1. The van der Waals surface area contributed by atoms with Crippen LogP contribution < -0.4 is 5.73 Å². The monoisotopic (exact) mass is 264 g/mol. The summed E-state index contributed by atoms with van der Waals surface area (Å²) in [5.74, 6) is 0. The van der Waals surface area contributed by atoms with Gasteiger partial charge in [0.05, 0.1) is 24.9 Å². The van der Waals surface area contributed by atoms with E-state index in [0.29, 0.717) is 0 Å². The van der Waals surface area contributed by atoms with E-state index >= 15 is 0 Å². The molecule has 2 unspecified atom stereocenters. The van der Waals surface area contributed by atoms with Crippen molar-refractivity contribution in [2.45, 2.75) is 25.0 Å². The highest BCUT2D eigenvalue weighted by Crippen LogP contribution is 2.22. The minimum Gasteiger partial charge on any atom is -0.394 e. The fraction of sp³-hybridized carbons (Fsp3) is 0.600. The summed E-state index contributed by atoms with van der Waals surface area (Å²) in [4.78, 5) is 2.36. The Kier molecular flexibility index (Phi) is 4.93. The third-order valence-electron chi connectivity index (χ3n) is 3.83. The second kappa shape index (κ2) is 6.48. The number of nitrogens with zero attached hydrogens (tertiary/aromatic N) is 1. The molecule has 19 heavy (non-hydrogen) atoms. The highest BCUT2D eigenvalue weighted by molar-refractivity contribution is 5.24. The van der Waals surface area contributed by atoms with Crippen LogP contribution in [0.1, 0.15) is 18.9 Å². The quantitative estimate of drug-likeness (QED) is 0.831. The van der Waals surface area contributed by atoms with Gasteiger partial charge >= 0.3 is 0 Å². The first kappa shape index (κ1) is 14.5. The van der Waals surface area contributed by atoms with Crippen molar-refractivity contribution in [2.24, 2.45) is 5.73 Å². The van der Waals surface area contributed by atoms with Gasteiger partial charge in [0.2, 0.25) is 0 Å². The molecule has 0 saturated carbocycles. The van der Waals surface area contributed by atoms with E-state index in [-0.39, 0.29) is 12.7 Å². The predicted octanol–water partition coefficient (Wildman–Crippen LogP) is 0.944. The molecule has 3 N–H and O–H groups in total. The van der Waals surface area contributed by atoms with Crippen LogP contribution in [-0.4, -0.2) is 49.0 Å². The maximum absolute atomic E-state index is 9.65. The standard InChI is InChI=1S/C15H24N2O2/c1-13-11-17(9-10-19-13)8-7-15(16,12-18)14-5-3-2-4-6-14/h2-6,13,18H,7-12,16H2,1H3. The second-order valence-electron chi connectivity index (χ2n) is 5.41. The summed E-state index contributed by atoms with van der Waals surface area (Å²) in [6, 6.07) is 9.86. The maximum atomic E-state index is 9.65. The third-order valence-corrected chi connectivity index (χ3v) is 3.83. The molecule has 1 aromatic rings. The lowest BCUT2D eigenvalue weighted by atomic mass is 9.88. The van der Waals surface area contributed by atoms with Gasteiger partial charge in [-0.1, -0.05) is 30.3 Å². The number of hydrogen-bond donors (Lipinski definition) is 2. The summed E-state index contributed by atoms with van der Waals surface area (Å²) >= 11 is 0. The number of aliphatic hydroxyl groups is 1. The summed E-state index contributed by atoms with van der Waals surface area (Å²) in [5.41, 5.74) is 6.71. The molecule has 1 aliphatic rings. The second-order valence-corrected chi connectivity index (χ2v) is 5.41. The van der Waals surface area contributed by atoms with Crippen molar-refractivity contribution in [3.05, 3.63) is 35.9 Å². The zero-order chi connectivity index (χ0) is 13.7. The molecule has 0 radical (unpaired) electrons. The molecule has 4 heteroatoms. The van der Waals surface area contributed by atoms with Gasteiger partial charge in [-0.3, -0.25) is 4.90 Å². The molecule has 1 aromatic carbocycles. The first-order valence-electron chi connectivity index (χ1n) is 6.93. The van der Waals surface area contributed by atoms with Crippen LogP contribution in [0.25, 0.3) is 0 Å². The van der Waals surface area contributed by atoms with E-state index in [1.54, 1.807) is 0 Å². The van der Waals surface area contributed by atoms with Gasteiger partial charge in [0.15, 0.2) is 0 Å². The maximum Gasteiger partial charge on any atom is 0.0674 e. The molecule has 106 valence electrons. The van der Waals surface area contributed by atoms with Gasteiger partial charge in [-0.25, -0.2) is 0 Å². The van der Waals surface area contributed by atoms with Crippen molar-refractivity contribution < 1.29 is 9.84 Å². The Balaban J connectivity index is 1.95. The van der Waals surface area contributed by atoms with Gasteiger partial charge in [0.1, 0.15) is 0 Å². The molecular weight excluding hydrogens is 240 g/mol. The molecule has 4 nitrogen and oxygen atoms in total. The molecule has 1 fully saturated rings. The van der Waals surface area contributed by atoms with Gasteiger partial charge in [-0.2, -0.15) is 0 Å². The van der Waals surface area contributed by atoms with Crippen LogP contribution in [0.2, 0.25) is 0 Å². The van der Waals surface area contributed by atoms with E-state index in [4.69, 9.17) is 10.5 Å². The number of rotatable bonds is 5. The summed E-state index contributed by atoms with van der Waals surface area (Å²) in [5, 5.41) is 9.65. The van der Waals surface area contributed by atoms with Crippen LogP contribution >= 0.6 is 0 Å². The molecule has 2 atom stereocenters. The molecule has 0 aliphatic carbocycles. The zero-order valence-electron chi connectivity index (χ0n) is 11.6. The minimum absolute atomic E-state index is 0.0308. The van der Waals surface area contributed by atoms with Crippen LogP contribution in [0.15, 0.2) is 30.3 Å². The summed E-state index contributed by atoms with van der Waals surface area (Å²) in [7, 11) is 0. The Bertz CT molecular complexity index is 385. The smallest absolute Gasteiger partial charge is 0.0674 e. The van der Waals surface area contributed by atoms with Crippen LogP contribution in [0, 0.1) is 0 Å². The first-order valence-corrected chi connectivity index (χ1v) is 6.93. The Labute approximate surface area is 115 Å². The molecule has 1 saturated heterocycles. The lowest BCUT2D eigenvalue weighted by Gasteiger charge is -2.35. The lowest BCUT2D eigenvalue weighted by molar-refractivity contribution is -0.0212. The number of hydrogen-bond acceptors (Lipinski definition) is 4. The molecule has 0 bridgehead atoms. The van der Waals surface area contributed by atoms with Crippen molar-refractivity contribution >= 4 is 0 Å². The van der Waals surface area contributed by atoms with Crippen molar-refractivity contribution in [3.63, 3.8) is 0 Å².